The minimum Gasteiger partial charge on any atom is -0.496 e. The molecule has 112 valence electrons. The largest absolute Gasteiger partial charge is 0.496 e. The SMILES string of the molecule is COc1ccccc1C1CC(NC(C)c2ccc(C)o2)C1. The molecule has 3 nitrogen and oxygen atoms in total. The molecule has 1 saturated carbocycles. The van der Waals surface area contributed by atoms with Crippen LogP contribution >= 0.6 is 0 Å². The Labute approximate surface area is 126 Å². The van der Waals surface area contributed by atoms with Crippen LogP contribution in [-0.4, -0.2) is 13.2 Å². The smallest absolute Gasteiger partial charge is 0.122 e. The highest BCUT2D eigenvalue weighted by Gasteiger charge is 2.33. The third-order valence-electron chi connectivity index (χ3n) is 4.39. The molecule has 1 fully saturated rings. The summed E-state index contributed by atoms with van der Waals surface area (Å²) in [5.74, 6) is 3.60. The first-order valence-corrected chi connectivity index (χ1v) is 7.62. The quantitative estimate of drug-likeness (QED) is 0.894. The van der Waals surface area contributed by atoms with E-state index in [0.29, 0.717) is 12.0 Å². The van der Waals surface area contributed by atoms with Gasteiger partial charge < -0.3 is 14.5 Å². The Morgan fingerprint density at radius 2 is 1.95 bits per heavy atom. The van der Waals surface area contributed by atoms with E-state index in [2.05, 4.69) is 30.4 Å². The van der Waals surface area contributed by atoms with E-state index >= 15 is 0 Å². The van der Waals surface area contributed by atoms with Gasteiger partial charge in [-0.15, -0.1) is 0 Å². The van der Waals surface area contributed by atoms with Gasteiger partial charge in [0.25, 0.3) is 0 Å². The first-order chi connectivity index (χ1) is 10.2. The van der Waals surface area contributed by atoms with Crippen LogP contribution in [0.4, 0.5) is 0 Å². The molecule has 21 heavy (non-hydrogen) atoms. The Hall–Kier alpha value is -1.74. The maximum atomic E-state index is 5.68. The predicted molar refractivity (Wildman–Crippen MR) is 83.8 cm³/mol. The number of rotatable bonds is 5. The first kappa shape index (κ1) is 14.2. The third kappa shape index (κ3) is 2.98. The Morgan fingerprint density at radius 1 is 1.19 bits per heavy atom. The van der Waals surface area contributed by atoms with E-state index in [1.165, 1.54) is 5.56 Å². The molecule has 0 radical (unpaired) electrons. The summed E-state index contributed by atoms with van der Waals surface area (Å²) in [6, 6.07) is 13.2. The van der Waals surface area contributed by atoms with E-state index in [4.69, 9.17) is 9.15 Å². The van der Waals surface area contributed by atoms with Crippen molar-refractivity contribution < 1.29 is 9.15 Å². The van der Waals surface area contributed by atoms with Crippen molar-refractivity contribution in [2.75, 3.05) is 7.11 Å². The van der Waals surface area contributed by atoms with E-state index in [0.717, 1.165) is 30.1 Å². The van der Waals surface area contributed by atoms with Gasteiger partial charge in [0.05, 0.1) is 13.2 Å². The van der Waals surface area contributed by atoms with Crippen molar-refractivity contribution in [3.05, 3.63) is 53.5 Å². The molecule has 1 heterocycles. The normalized spacial score (nSPS) is 22.6. The molecule has 1 aliphatic rings. The van der Waals surface area contributed by atoms with Crippen molar-refractivity contribution in [1.29, 1.82) is 0 Å². The summed E-state index contributed by atoms with van der Waals surface area (Å²) in [6.45, 7) is 4.14. The molecule has 1 atom stereocenters. The number of hydrogen-bond acceptors (Lipinski definition) is 3. The second-order valence-electron chi connectivity index (χ2n) is 5.94. The Kier molecular flexibility index (Phi) is 4.02. The lowest BCUT2D eigenvalue weighted by molar-refractivity contribution is 0.253. The number of methoxy groups -OCH3 is 1. The molecule has 0 spiro atoms. The molecule has 1 N–H and O–H groups in total. The number of nitrogens with one attached hydrogen (secondary N) is 1. The van der Waals surface area contributed by atoms with Crippen LogP contribution in [0.3, 0.4) is 0 Å². The fourth-order valence-corrected chi connectivity index (χ4v) is 3.13. The molecule has 1 aliphatic carbocycles. The maximum absolute atomic E-state index is 5.68. The second kappa shape index (κ2) is 5.94. The number of para-hydroxylation sites is 1. The maximum Gasteiger partial charge on any atom is 0.122 e. The van der Waals surface area contributed by atoms with E-state index in [1.807, 2.05) is 25.1 Å². The van der Waals surface area contributed by atoms with Gasteiger partial charge in [0.15, 0.2) is 0 Å². The molecule has 1 aromatic carbocycles. The number of hydrogen-bond donors (Lipinski definition) is 1. The lowest BCUT2D eigenvalue weighted by Crippen LogP contribution is -2.41. The van der Waals surface area contributed by atoms with Gasteiger partial charge >= 0.3 is 0 Å². The summed E-state index contributed by atoms with van der Waals surface area (Å²) < 4.78 is 11.1. The molecule has 3 rings (SSSR count). The summed E-state index contributed by atoms with van der Waals surface area (Å²) in [5.41, 5.74) is 1.33. The molecule has 0 saturated heterocycles. The summed E-state index contributed by atoms with van der Waals surface area (Å²) in [7, 11) is 1.74. The van der Waals surface area contributed by atoms with E-state index in [-0.39, 0.29) is 6.04 Å². The zero-order valence-corrected chi connectivity index (χ0v) is 12.9. The Bertz CT molecular complexity index is 599. The molecule has 2 aromatic rings. The Balaban J connectivity index is 1.56. The van der Waals surface area contributed by atoms with Crippen LogP contribution in [0.5, 0.6) is 5.75 Å². The highest BCUT2D eigenvalue weighted by Crippen LogP contribution is 2.41. The van der Waals surface area contributed by atoms with E-state index in [9.17, 15) is 0 Å². The Morgan fingerprint density at radius 3 is 2.62 bits per heavy atom. The van der Waals surface area contributed by atoms with Gasteiger partial charge in [-0.3, -0.25) is 0 Å². The number of aryl methyl sites for hydroxylation is 1. The fraction of sp³-hybridized carbons (Fsp3) is 0.444. The highest BCUT2D eigenvalue weighted by atomic mass is 16.5. The zero-order valence-electron chi connectivity index (χ0n) is 12.9. The molecular weight excluding hydrogens is 262 g/mol. The fourth-order valence-electron chi connectivity index (χ4n) is 3.13. The number of furan rings is 1. The van der Waals surface area contributed by atoms with Gasteiger partial charge in [-0.1, -0.05) is 18.2 Å². The molecule has 1 aromatic heterocycles. The van der Waals surface area contributed by atoms with Crippen LogP contribution in [0, 0.1) is 6.92 Å². The lowest BCUT2D eigenvalue weighted by Gasteiger charge is -2.38. The van der Waals surface area contributed by atoms with Gasteiger partial charge in [0, 0.05) is 6.04 Å². The van der Waals surface area contributed by atoms with E-state index in [1.54, 1.807) is 7.11 Å². The molecule has 0 aliphatic heterocycles. The van der Waals surface area contributed by atoms with Crippen LogP contribution < -0.4 is 10.1 Å². The van der Waals surface area contributed by atoms with Gasteiger partial charge in [0.1, 0.15) is 17.3 Å². The standard InChI is InChI=1S/C18H23NO2/c1-12-8-9-17(21-12)13(2)19-15-10-14(11-15)16-6-4-5-7-18(16)20-3/h4-9,13-15,19H,10-11H2,1-3H3. The van der Waals surface area contributed by atoms with Crippen LogP contribution in [0.15, 0.2) is 40.8 Å². The molecule has 3 heteroatoms. The minimum atomic E-state index is 0.266. The van der Waals surface area contributed by atoms with Crippen molar-refractivity contribution in [3.63, 3.8) is 0 Å². The van der Waals surface area contributed by atoms with Crippen molar-refractivity contribution >= 4 is 0 Å². The third-order valence-corrected chi connectivity index (χ3v) is 4.39. The summed E-state index contributed by atoms with van der Waals surface area (Å²) >= 11 is 0. The average molecular weight is 285 g/mol. The van der Waals surface area contributed by atoms with Crippen LogP contribution in [0.1, 0.15) is 48.8 Å². The van der Waals surface area contributed by atoms with Gasteiger partial charge in [-0.2, -0.15) is 0 Å². The predicted octanol–water partition coefficient (Wildman–Crippen LogP) is 4.19. The monoisotopic (exact) mass is 285 g/mol. The topological polar surface area (TPSA) is 34.4 Å². The number of benzene rings is 1. The average Bonchev–Trinajstić information content (AvgIpc) is 2.89. The summed E-state index contributed by atoms with van der Waals surface area (Å²) in [4.78, 5) is 0. The lowest BCUT2D eigenvalue weighted by atomic mass is 9.75. The van der Waals surface area contributed by atoms with Gasteiger partial charge in [-0.25, -0.2) is 0 Å². The van der Waals surface area contributed by atoms with Crippen LogP contribution in [0.2, 0.25) is 0 Å². The zero-order chi connectivity index (χ0) is 14.8. The molecule has 1 unspecified atom stereocenters. The van der Waals surface area contributed by atoms with Crippen molar-refractivity contribution in [3.8, 4) is 5.75 Å². The molecule has 0 bridgehead atoms. The van der Waals surface area contributed by atoms with Crippen molar-refractivity contribution in [2.24, 2.45) is 0 Å². The highest BCUT2D eigenvalue weighted by molar-refractivity contribution is 5.37. The van der Waals surface area contributed by atoms with Gasteiger partial charge in [-0.05, 0) is 56.4 Å². The first-order valence-electron chi connectivity index (χ1n) is 7.62. The number of ether oxygens (including phenoxy) is 1. The summed E-state index contributed by atoms with van der Waals surface area (Å²) in [6.07, 6.45) is 2.31. The molecule has 0 amide bonds. The second-order valence-corrected chi connectivity index (χ2v) is 5.94. The minimum absolute atomic E-state index is 0.266. The van der Waals surface area contributed by atoms with Crippen molar-refractivity contribution in [1.82, 2.24) is 5.32 Å². The van der Waals surface area contributed by atoms with Gasteiger partial charge in [0.2, 0.25) is 0 Å². The van der Waals surface area contributed by atoms with Crippen LogP contribution in [0.25, 0.3) is 0 Å². The van der Waals surface area contributed by atoms with Crippen molar-refractivity contribution in [2.45, 2.75) is 44.7 Å². The van der Waals surface area contributed by atoms with Crippen LogP contribution in [-0.2, 0) is 0 Å². The van der Waals surface area contributed by atoms with E-state index < -0.39 is 0 Å². The summed E-state index contributed by atoms with van der Waals surface area (Å²) in [5, 5.41) is 3.65. The molecular formula is C18H23NO2.